The average Bonchev–Trinajstić information content (AvgIpc) is 2.69. The van der Waals surface area contributed by atoms with Gasteiger partial charge in [0.2, 0.25) is 0 Å². The molecule has 0 aliphatic carbocycles. The molecule has 15 heavy (non-hydrogen) atoms. The summed E-state index contributed by atoms with van der Waals surface area (Å²) in [4.78, 5) is 2.88. The second-order valence-corrected chi connectivity index (χ2v) is 6.23. The van der Waals surface area contributed by atoms with Crippen LogP contribution < -0.4 is 4.83 Å². The van der Waals surface area contributed by atoms with E-state index >= 15 is 0 Å². The van der Waals surface area contributed by atoms with Crippen molar-refractivity contribution in [3.8, 4) is 0 Å². The van der Waals surface area contributed by atoms with Crippen LogP contribution in [0, 0.1) is 0 Å². The lowest BCUT2D eigenvalue weighted by molar-refractivity contribution is 0.609. The van der Waals surface area contributed by atoms with Gasteiger partial charge in [-0.3, -0.25) is 4.83 Å². The molecule has 7 heteroatoms. The van der Waals surface area contributed by atoms with Crippen molar-refractivity contribution in [3.63, 3.8) is 0 Å². The zero-order valence-electron chi connectivity index (χ0n) is 7.47. The molecule has 0 saturated heterocycles. The van der Waals surface area contributed by atoms with E-state index in [1.807, 2.05) is 0 Å². The Bertz CT molecular complexity index is 496. The van der Waals surface area contributed by atoms with Crippen molar-refractivity contribution in [2.24, 2.45) is 5.10 Å². The molecule has 0 unspecified atom stereocenters. The van der Waals surface area contributed by atoms with E-state index in [1.54, 1.807) is 12.1 Å². The summed E-state index contributed by atoms with van der Waals surface area (Å²) in [5, 5.41) is 4.04. The van der Waals surface area contributed by atoms with Crippen molar-refractivity contribution in [2.75, 3.05) is 5.75 Å². The Balaban J connectivity index is 2.32. The van der Waals surface area contributed by atoms with Gasteiger partial charge in [0.15, 0.2) is 0 Å². The minimum atomic E-state index is -3.63. The van der Waals surface area contributed by atoms with E-state index in [2.05, 4.69) is 9.93 Å². The number of halogens is 1. The van der Waals surface area contributed by atoms with Crippen molar-refractivity contribution < 1.29 is 8.42 Å². The van der Waals surface area contributed by atoms with Crippen molar-refractivity contribution in [2.45, 2.75) is 4.90 Å². The Morgan fingerprint density at radius 3 is 2.47 bits per heavy atom. The monoisotopic (exact) mass is 262 g/mol. The summed E-state index contributed by atoms with van der Waals surface area (Å²) in [7, 11) is 1.56. The molecule has 2 rings (SSSR count). The number of hydrogen-bond acceptors (Lipinski definition) is 5. The van der Waals surface area contributed by atoms with Crippen LogP contribution in [0.3, 0.4) is 0 Å². The summed E-state index contributed by atoms with van der Waals surface area (Å²) in [5.74, 6) is 0.771. The molecule has 0 spiro atoms. The molecule has 80 valence electrons. The Hall–Kier alpha value is -0.720. The van der Waals surface area contributed by atoms with Crippen LogP contribution in [0.1, 0.15) is 5.56 Å². The normalized spacial score (nSPS) is 15.9. The first kappa shape index (κ1) is 10.8. The van der Waals surface area contributed by atoms with Crippen molar-refractivity contribution in [1.29, 1.82) is 0 Å². The summed E-state index contributed by atoms with van der Waals surface area (Å²) in [5.41, 5.74) is 1.80. The SMILES string of the molecule is O=S(=O)(Cl)c1ccc(C2=NNSC2)cc1. The topological polar surface area (TPSA) is 58.5 Å². The van der Waals surface area contributed by atoms with Crippen molar-refractivity contribution in [3.05, 3.63) is 29.8 Å². The Labute approximate surface area is 96.3 Å². The lowest BCUT2D eigenvalue weighted by atomic mass is 10.1. The maximum Gasteiger partial charge on any atom is 0.261 e. The van der Waals surface area contributed by atoms with Crippen LogP contribution in [-0.2, 0) is 9.05 Å². The van der Waals surface area contributed by atoms with E-state index in [0.717, 1.165) is 17.0 Å². The van der Waals surface area contributed by atoms with E-state index in [1.165, 1.54) is 24.1 Å². The summed E-state index contributed by atoms with van der Waals surface area (Å²) in [6.07, 6.45) is 0. The lowest BCUT2D eigenvalue weighted by Gasteiger charge is -1.99. The molecule has 0 aromatic heterocycles. The first-order valence-corrected chi connectivity index (χ1v) is 7.35. The third-order valence-corrected chi connectivity index (χ3v) is 3.93. The molecule has 1 aliphatic heterocycles. The molecule has 1 aromatic rings. The molecular formula is C8H7ClN2O2S2. The van der Waals surface area contributed by atoms with Gasteiger partial charge in [0.05, 0.1) is 16.4 Å². The third-order valence-electron chi connectivity index (χ3n) is 1.92. The highest BCUT2D eigenvalue weighted by molar-refractivity contribution is 8.13. The number of rotatable bonds is 2. The fourth-order valence-electron chi connectivity index (χ4n) is 1.18. The van der Waals surface area contributed by atoms with Crippen LogP contribution in [0.25, 0.3) is 0 Å². The molecule has 0 amide bonds. The second kappa shape index (κ2) is 4.03. The van der Waals surface area contributed by atoms with Crippen molar-refractivity contribution >= 4 is 37.4 Å². The van der Waals surface area contributed by atoms with Gasteiger partial charge in [-0.25, -0.2) is 8.42 Å². The van der Waals surface area contributed by atoms with Gasteiger partial charge in [0.1, 0.15) is 0 Å². The van der Waals surface area contributed by atoms with Gasteiger partial charge in [-0.1, -0.05) is 12.1 Å². The van der Waals surface area contributed by atoms with Crippen LogP contribution in [0.5, 0.6) is 0 Å². The molecule has 0 radical (unpaired) electrons. The lowest BCUT2D eigenvalue weighted by Crippen LogP contribution is -2.00. The first-order valence-electron chi connectivity index (χ1n) is 4.06. The fraction of sp³-hybridized carbons (Fsp3) is 0.125. The molecule has 0 fully saturated rings. The van der Waals surface area contributed by atoms with E-state index in [9.17, 15) is 8.42 Å². The molecule has 1 aliphatic rings. The number of nitrogens with zero attached hydrogens (tertiary/aromatic N) is 1. The highest BCUT2D eigenvalue weighted by Gasteiger charge is 2.12. The van der Waals surface area contributed by atoms with Crippen LogP contribution >= 0.6 is 22.6 Å². The molecule has 1 aromatic carbocycles. The van der Waals surface area contributed by atoms with Crippen LogP contribution in [0.4, 0.5) is 0 Å². The van der Waals surface area contributed by atoms with E-state index in [0.29, 0.717) is 0 Å². The van der Waals surface area contributed by atoms with Crippen LogP contribution in [0.2, 0.25) is 0 Å². The number of hydrogen-bond donors (Lipinski definition) is 1. The first-order chi connectivity index (χ1) is 7.07. The molecule has 0 saturated carbocycles. The van der Waals surface area contributed by atoms with Gasteiger partial charge in [-0.2, -0.15) is 5.10 Å². The number of benzene rings is 1. The average molecular weight is 263 g/mol. The van der Waals surface area contributed by atoms with Gasteiger partial charge in [0.25, 0.3) is 9.05 Å². The van der Waals surface area contributed by atoms with E-state index in [4.69, 9.17) is 10.7 Å². The standard InChI is InChI=1S/C8H7ClN2O2S2/c9-15(12,13)7-3-1-6(2-4-7)8-5-14-11-10-8/h1-4,11H,5H2. The maximum absolute atomic E-state index is 11.0. The van der Waals surface area contributed by atoms with E-state index < -0.39 is 9.05 Å². The largest absolute Gasteiger partial charge is 0.261 e. The summed E-state index contributed by atoms with van der Waals surface area (Å²) in [6.45, 7) is 0. The van der Waals surface area contributed by atoms with Gasteiger partial charge in [-0.15, -0.1) is 0 Å². The molecule has 0 atom stereocenters. The van der Waals surface area contributed by atoms with Gasteiger partial charge < -0.3 is 0 Å². The van der Waals surface area contributed by atoms with Crippen molar-refractivity contribution in [1.82, 2.24) is 4.83 Å². The summed E-state index contributed by atoms with van der Waals surface area (Å²) < 4.78 is 22.0. The maximum atomic E-state index is 11.0. The van der Waals surface area contributed by atoms with Gasteiger partial charge >= 0.3 is 0 Å². The predicted molar refractivity (Wildman–Crippen MR) is 61.6 cm³/mol. The molecule has 0 bridgehead atoms. The second-order valence-electron chi connectivity index (χ2n) is 2.90. The van der Waals surface area contributed by atoms with Gasteiger partial charge in [0, 0.05) is 10.7 Å². The number of hydrazone groups is 1. The summed E-state index contributed by atoms with van der Waals surface area (Å²) in [6, 6.07) is 6.34. The Morgan fingerprint density at radius 1 is 1.33 bits per heavy atom. The molecule has 1 heterocycles. The molecule has 1 N–H and O–H groups in total. The third kappa shape index (κ3) is 2.45. The quantitative estimate of drug-likeness (QED) is 0.649. The minimum absolute atomic E-state index is 0.104. The predicted octanol–water partition coefficient (Wildman–Crippen LogP) is 1.57. The molecule has 4 nitrogen and oxygen atoms in total. The summed E-state index contributed by atoms with van der Waals surface area (Å²) >= 11 is 1.49. The minimum Gasteiger partial charge on any atom is -0.251 e. The number of nitrogens with one attached hydrogen (secondary N) is 1. The van der Waals surface area contributed by atoms with Gasteiger partial charge in [-0.05, 0) is 29.6 Å². The van der Waals surface area contributed by atoms with Crippen LogP contribution in [-0.4, -0.2) is 19.9 Å². The Kier molecular flexibility index (Phi) is 2.90. The highest BCUT2D eigenvalue weighted by atomic mass is 35.7. The zero-order valence-corrected chi connectivity index (χ0v) is 9.86. The van der Waals surface area contributed by atoms with Crippen LogP contribution in [0.15, 0.2) is 34.3 Å². The molecular weight excluding hydrogens is 256 g/mol. The highest BCUT2D eigenvalue weighted by Crippen LogP contribution is 2.17. The Morgan fingerprint density at radius 2 is 2.00 bits per heavy atom. The smallest absolute Gasteiger partial charge is 0.251 e. The fourth-order valence-corrected chi connectivity index (χ4v) is 2.56. The zero-order chi connectivity index (χ0) is 10.9. The van der Waals surface area contributed by atoms with E-state index in [-0.39, 0.29) is 4.90 Å².